The van der Waals surface area contributed by atoms with Crippen molar-refractivity contribution in [2.24, 2.45) is 5.41 Å². The molecular formula is C11H23NO. The maximum Gasteiger partial charge on any atom is 0.1000 e. The van der Waals surface area contributed by atoms with Crippen molar-refractivity contribution >= 4 is 0 Å². The van der Waals surface area contributed by atoms with Crippen LogP contribution in [0.1, 0.15) is 41.5 Å². The van der Waals surface area contributed by atoms with E-state index in [2.05, 4.69) is 46.4 Å². The van der Waals surface area contributed by atoms with Crippen LogP contribution in [0.25, 0.3) is 0 Å². The quantitative estimate of drug-likeness (QED) is 0.575. The Morgan fingerprint density at radius 3 is 1.85 bits per heavy atom. The monoisotopic (exact) mass is 185 g/mol. The highest BCUT2D eigenvalue weighted by molar-refractivity contribution is 4.86. The average molecular weight is 185 g/mol. The molecule has 1 heterocycles. The lowest BCUT2D eigenvalue weighted by molar-refractivity contribution is 0.0175. The van der Waals surface area contributed by atoms with E-state index in [1.807, 2.05) is 0 Å². The predicted octanol–water partition coefficient (Wildman–Crippen LogP) is 2.49. The topological polar surface area (TPSA) is 12.5 Å². The van der Waals surface area contributed by atoms with Crippen molar-refractivity contribution in [3.05, 3.63) is 0 Å². The Morgan fingerprint density at radius 1 is 1.08 bits per heavy atom. The molecule has 0 aromatic rings. The molecule has 1 aliphatic rings. The highest BCUT2D eigenvalue weighted by atomic mass is 16.5. The van der Waals surface area contributed by atoms with Crippen LogP contribution in [0.5, 0.6) is 0 Å². The molecule has 0 aromatic heterocycles. The van der Waals surface area contributed by atoms with Gasteiger partial charge >= 0.3 is 0 Å². The molecule has 1 aliphatic heterocycles. The first-order valence-corrected chi connectivity index (χ1v) is 5.08. The molecule has 0 aromatic carbocycles. The van der Waals surface area contributed by atoms with Crippen molar-refractivity contribution in [3.8, 4) is 0 Å². The molecule has 0 aliphatic carbocycles. The summed E-state index contributed by atoms with van der Waals surface area (Å²) in [6.07, 6.45) is 0.381. The van der Waals surface area contributed by atoms with Crippen LogP contribution in [0.2, 0.25) is 0 Å². The van der Waals surface area contributed by atoms with Crippen LogP contribution < -0.4 is 0 Å². The smallest absolute Gasteiger partial charge is 0.1000 e. The SMILES string of the molecule is CC(C)(C)C1CN(C(C)(C)C)CO1. The van der Waals surface area contributed by atoms with Crippen LogP contribution in [0.4, 0.5) is 0 Å². The summed E-state index contributed by atoms with van der Waals surface area (Å²) in [6.45, 7) is 15.3. The number of nitrogens with zero attached hydrogens (tertiary/aromatic N) is 1. The molecule has 2 heteroatoms. The Labute approximate surface area is 82.3 Å². The fraction of sp³-hybridized carbons (Fsp3) is 1.00. The average Bonchev–Trinajstić information content (AvgIpc) is 2.28. The Morgan fingerprint density at radius 2 is 1.62 bits per heavy atom. The maximum atomic E-state index is 5.78. The molecule has 0 radical (unpaired) electrons. The zero-order valence-corrected chi connectivity index (χ0v) is 9.85. The number of rotatable bonds is 0. The molecule has 0 N–H and O–H groups in total. The first-order valence-electron chi connectivity index (χ1n) is 5.08. The zero-order valence-electron chi connectivity index (χ0n) is 9.85. The zero-order chi connectivity index (χ0) is 10.3. The summed E-state index contributed by atoms with van der Waals surface area (Å²) in [7, 11) is 0. The van der Waals surface area contributed by atoms with Gasteiger partial charge in [0.2, 0.25) is 0 Å². The highest BCUT2D eigenvalue weighted by Gasteiger charge is 2.36. The molecular weight excluding hydrogens is 162 g/mol. The van der Waals surface area contributed by atoms with Crippen molar-refractivity contribution in [3.63, 3.8) is 0 Å². The Bertz CT molecular complexity index is 156. The molecule has 0 bridgehead atoms. The second kappa shape index (κ2) is 3.25. The van der Waals surface area contributed by atoms with Gasteiger partial charge in [-0.15, -0.1) is 0 Å². The van der Waals surface area contributed by atoms with Gasteiger partial charge in [0.1, 0.15) is 0 Å². The third-order valence-electron chi connectivity index (χ3n) is 2.73. The second-order valence-electron chi connectivity index (χ2n) is 6.04. The molecule has 1 atom stereocenters. The number of hydrogen-bond acceptors (Lipinski definition) is 2. The normalized spacial score (nSPS) is 26.8. The summed E-state index contributed by atoms with van der Waals surface area (Å²) >= 11 is 0. The highest BCUT2D eigenvalue weighted by Crippen LogP contribution is 2.30. The number of hydrogen-bond donors (Lipinski definition) is 0. The third kappa shape index (κ3) is 2.68. The Balaban J connectivity index is 2.55. The first-order chi connectivity index (χ1) is 5.71. The van der Waals surface area contributed by atoms with Gasteiger partial charge in [0.25, 0.3) is 0 Å². The van der Waals surface area contributed by atoms with Crippen LogP contribution >= 0.6 is 0 Å². The summed E-state index contributed by atoms with van der Waals surface area (Å²) in [5.41, 5.74) is 0.500. The van der Waals surface area contributed by atoms with E-state index in [4.69, 9.17) is 4.74 Å². The summed E-state index contributed by atoms with van der Waals surface area (Å²) < 4.78 is 5.78. The minimum atomic E-state index is 0.236. The molecule has 1 rings (SSSR count). The molecule has 1 unspecified atom stereocenters. The number of ether oxygens (including phenoxy) is 1. The molecule has 0 saturated carbocycles. The van der Waals surface area contributed by atoms with Crippen molar-refractivity contribution in [2.45, 2.75) is 53.2 Å². The third-order valence-corrected chi connectivity index (χ3v) is 2.73. The molecule has 1 fully saturated rings. The lowest BCUT2D eigenvalue weighted by Crippen LogP contribution is -2.41. The predicted molar refractivity (Wildman–Crippen MR) is 55.7 cm³/mol. The van der Waals surface area contributed by atoms with Crippen LogP contribution in [0.3, 0.4) is 0 Å². The fourth-order valence-corrected chi connectivity index (χ4v) is 1.48. The van der Waals surface area contributed by atoms with E-state index in [1.54, 1.807) is 0 Å². The summed E-state index contributed by atoms with van der Waals surface area (Å²) in [5, 5.41) is 0. The van der Waals surface area contributed by atoms with E-state index in [0.717, 1.165) is 13.3 Å². The first kappa shape index (κ1) is 11.0. The van der Waals surface area contributed by atoms with Gasteiger partial charge in [-0.3, -0.25) is 4.90 Å². The summed E-state index contributed by atoms with van der Waals surface area (Å²) in [4.78, 5) is 2.39. The van der Waals surface area contributed by atoms with Crippen molar-refractivity contribution in [2.75, 3.05) is 13.3 Å². The van der Waals surface area contributed by atoms with E-state index in [-0.39, 0.29) is 11.0 Å². The minimum Gasteiger partial charge on any atom is -0.361 e. The maximum absolute atomic E-state index is 5.78. The van der Waals surface area contributed by atoms with Gasteiger partial charge in [-0.25, -0.2) is 0 Å². The van der Waals surface area contributed by atoms with Gasteiger partial charge in [0.15, 0.2) is 0 Å². The van der Waals surface area contributed by atoms with Gasteiger partial charge in [0.05, 0.1) is 12.8 Å². The summed E-state index contributed by atoms with van der Waals surface area (Å²) in [5.74, 6) is 0. The van der Waals surface area contributed by atoms with Gasteiger partial charge in [-0.2, -0.15) is 0 Å². The lowest BCUT2D eigenvalue weighted by atomic mass is 9.89. The van der Waals surface area contributed by atoms with Crippen molar-refractivity contribution in [1.29, 1.82) is 0 Å². The van der Waals surface area contributed by atoms with Crippen LogP contribution in [-0.4, -0.2) is 29.8 Å². The standard InChI is InChI=1S/C11H23NO/c1-10(2,3)9-7-12(8-13-9)11(4,5)6/h9H,7-8H2,1-6H3. The molecule has 1 saturated heterocycles. The molecule has 2 nitrogen and oxygen atoms in total. The minimum absolute atomic E-state index is 0.236. The van der Waals surface area contributed by atoms with Gasteiger partial charge in [-0.05, 0) is 26.2 Å². The van der Waals surface area contributed by atoms with E-state index >= 15 is 0 Å². The van der Waals surface area contributed by atoms with Gasteiger partial charge in [-0.1, -0.05) is 20.8 Å². The molecule has 0 spiro atoms. The van der Waals surface area contributed by atoms with Crippen LogP contribution in [0, 0.1) is 5.41 Å². The second-order valence-corrected chi connectivity index (χ2v) is 6.04. The lowest BCUT2D eigenvalue weighted by Gasteiger charge is -2.31. The Hall–Kier alpha value is -0.0800. The Kier molecular flexibility index (Phi) is 2.75. The van der Waals surface area contributed by atoms with E-state index in [1.165, 1.54) is 0 Å². The summed E-state index contributed by atoms with van der Waals surface area (Å²) in [6, 6.07) is 0. The van der Waals surface area contributed by atoms with Gasteiger partial charge < -0.3 is 4.74 Å². The van der Waals surface area contributed by atoms with Crippen molar-refractivity contribution in [1.82, 2.24) is 4.90 Å². The van der Waals surface area contributed by atoms with Crippen LogP contribution in [-0.2, 0) is 4.74 Å². The van der Waals surface area contributed by atoms with Gasteiger partial charge in [0, 0.05) is 12.1 Å². The largest absolute Gasteiger partial charge is 0.361 e. The van der Waals surface area contributed by atoms with Crippen molar-refractivity contribution < 1.29 is 4.74 Å². The molecule has 0 amide bonds. The van der Waals surface area contributed by atoms with Crippen LogP contribution in [0.15, 0.2) is 0 Å². The van der Waals surface area contributed by atoms with E-state index in [0.29, 0.717) is 6.10 Å². The fourth-order valence-electron chi connectivity index (χ4n) is 1.48. The molecule has 13 heavy (non-hydrogen) atoms. The van der Waals surface area contributed by atoms with E-state index in [9.17, 15) is 0 Å². The van der Waals surface area contributed by atoms with E-state index < -0.39 is 0 Å². The molecule has 78 valence electrons.